The number of para-hydroxylation sites is 1. The zero-order valence-corrected chi connectivity index (χ0v) is 21.0. The second-order valence-electron chi connectivity index (χ2n) is 8.30. The lowest BCUT2D eigenvalue weighted by atomic mass is 10.1. The molecule has 0 spiro atoms. The van der Waals surface area contributed by atoms with Crippen molar-refractivity contribution in [1.29, 1.82) is 0 Å². The lowest BCUT2D eigenvalue weighted by Gasteiger charge is -2.41. The molecule has 0 radical (unpaired) electrons. The number of carbonyl (C=O) groups is 7. The van der Waals surface area contributed by atoms with Gasteiger partial charge in [0.05, 0.1) is 25.3 Å². The van der Waals surface area contributed by atoms with Gasteiger partial charge in [0.25, 0.3) is 5.78 Å². The second-order valence-corrected chi connectivity index (χ2v) is 8.30. The van der Waals surface area contributed by atoms with Crippen molar-refractivity contribution in [3.05, 3.63) is 29.8 Å². The van der Waals surface area contributed by atoms with Gasteiger partial charge in [-0.1, -0.05) is 12.1 Å². The van der Waals surface area contributed by atoms with E-state index in [1.165, 1.54) is 31.2 Å². The largest absolute Gasteiger partial charge is 0.496 e. The molecule has 3 rings (SSSR count). The fourth-order valence-corrected chi connectivity index (χ4v) is 3.79. The monoisotopic (exact) mass is 517 g/mol. The highest BCUT2D eigenvalue weighted by Crippen LogP contribution is 2.22. The molecule has 2 fully saturated rings. The minimum Gasteiger partial charge on any atom is -0.496 e. The standard InChI is InChI=1S/C18H20N4O6.C6H11NO2/c1-28-14-7-3-2-6-13(14)16(25)17(26)19-20-10-8-15(24)21-9-4-5-12(11-23)22(21)18(20)27;1-5(9)3-6(4-8)7-2/h2-3,6-7,11-12H,4-5,8-10H2,1H3,(H,19,26);4,6-7H,3H2,1-2H3/t12-;6-/m00/s1. The number of ether oxygens (including phenoxy) is 1. The van der Waals surface area contributed by atoms with Crippen LogP contribution in [0.15, 0.2) is 24.3 Å². The van der Waals surface area contributed by atoms with Gasteiger partial charge in [-0.2, -0.15) is 0 Å². The van der Waals surface area contributed by atoms with Crippen LogP contribution >= 0.6 is 0 Å². The van der Waals surface area contributed by atoms with Gasteiger partial charge in [-0.05, 0) is 38.9 Å². The van der Waals surface area contributed by atoms with Crippen LogP contribution in [-0.2, 0) is 24.0 Å². The van der Waals surface area contributed by atoms with Crippen LogP contribution in [-0.4, -0.2) is 96.3 Å². The number of amides is 4. The topological polar surface area (TPSA) is 162 Å². The van der Waals surface area contributed by atoms with Gasteiger partial charge in [-0.3, -0.25) is 24.6 Å². The average Bonchev–Trinajstić information content (AvgIpc) is 3.03. The highest BCUT2D eigenvalue weighted by molar-refractivity contribution is 6.43. The molecule has 200 valence electrons. The van der Waals surface area contributed by atoms with Crippen LogP contribution in [0, 0.1) is 0 Å². The normalized spacial score (nSPS) is 17.9. The molecule has 2 atom stereocenters. The van der Waals surface area contributed by atoms with E-state index in [1.54, 1.807) is 19.2 Å². The number of benzene rings is 1. The Balaban J connectivity index is 0.000000458. The Morgan fingerprint density at radius 2 is 1.86 bits per heavy atom. The second kappa shape index (κ2) is 13.8. The van der Waals surface area contributed by atoms with Crippen LogP contribution in [0.3, 0.4) is 0 Å². The van der Waals surface area contributed by atoms with Gasteiger partial charge in [0.15, 0.2) is 0 Å². The number of nitrogens with one attached hydrogen (secondary N) is 2. The number of aldehydes is 2. The molecule has 1 aromatic rings. The Morgan fingerprint density at radius 3 is 2.43 bits per heavy atom. The summed E-state index contributed by atoms with van der Waals surface area (Å²) in [6.07, 6.45) is 2.60. The fourth-order valence-electron chi connectivity index (χ4n) is 3.79. The third kappa shape index (κ3) is 7.43. The van der Waals surface area contributed by atoms with Gasteiger partial charge in [0.2, 0.25) is 5.91 Å². The number of rotatable bonds is 9. The van der Waals surface area contributed by atoms with Crippen molar-refractivity contribution in [2.24, 2.45) is 0 Å². The van der Waals surface area contributed by atoms with E-state index < -0.39 is 23.8 Å². The van der Waals surface area contributed by atoms with Crippen LogP contribution in [0.2, 0.25) is 0 Å². The van der Waals surface area contributed by atoms with Crippen LogP contribution in [0.25, 0.3) is 0 Å². The summed E-state index contributed by atoms with van der Waals surface area (Å²) in [6.45, 7) is 1.67. The highest BCUT2D eigenvalue weighted by atomic mass is 16.5. The van der Waals surface area contributed by atoms with E-state index >= 15 is 0 Å². The van der Waals surface area contributed by atoms with Gasteiger partial charge in [0, 0.05) is 19.4 Å². The van der Waals surface area contributed by atoms with E-state index in [9.17, 15) is 33.6 Å². The molecule has 0 aromatic heterocycles. The van der Waals surface area contributed by atoms with Gasteiger partial charge in [0.1, 0.15) is 30.1 Å². The summed E-state index contributed by atoms with van der Waals surface area (Å²) in [5, 5.41) is 5.88. The molecule has 2 aliphatic heterocycles. The summed E-state index contributed by atoms with van der Waals surface area (Å²) in [6, 6.07) is 4.37. The third-order valence-corrected chi connectivity index (χ3v) is 5.70. The third-order valence-electron chi connectivity index (χ3n) is 5.70. The minimum absolute atomic E-state index is 0.0291. The van der Waals surface area contributed by atoms with Crippen molar-refractivity contribution < 1.29 is 38.3 Å². The molecular formula is C24H31N5O8. The van der Waals surface area contributed by atoms with Crippen LogP contribution < -0.4 is 15.5 Å². The van der Waals surface area contributed by atoms with Crippen molar-refractivity contribution in [3.8, 4) is 5.75 Å². The van der Waals surface area contributed by atoms with Crippen molar-refractivity contribution in [2.45, 2.75) is 44.7 Å². The molecule has 0 aliphatic carbocycles. The smallest absolute Gasteiger partial charge is 0.358 e. The lowest BCUT2D eigenvalue weighted by Crippen LogP contribution is -2.61. The Labute approximate surface area is 214 Å². The predicted molar refractivity (Wildman–Crippen MR) is 129 cm³/mol. The van der Waals surface area contributed by atoms with Crippen molar-refractivity contribution in [1.82, 2.24) is 25.8 Å². The van der Waals surface area contributed by atoms with Gasteiger partial charge >= 0.3 is 11.9 Å². The molecule has 4 amide bonds. The van der Waals surface area contributed by atoms with E-state index in [4.69, 9.17) is 4.74 Å². The van der Waals surface area contributed by atoms with Gasteiger partial charge < -0.3 is 19.6 Å². The number of Topliss-reactive ketones (excluding diaryl/α,β-unsaturated/α-hetero) is 2. The summed E-state index contributed by atoms with van der Waals surface area (Å²) in [5.74, 6) is -2.00. The first kappa shape index (κ1) is 29.1. The number of nitrogens with zero attached hydrogens (tertiary/aromatic N) is 3. The number of likely N-dealkylation sites (N-methyl/N-ethyl adjacent to an activating group) is 1. The molecule has 0 unspecified atom stereocenters. The summed E-state index contributed by atoms with van der Waals surface area (Å²) < 4.78 is 5.08. The Bertz CT molecular complexity index is 1050. The summed E-state index contributed by atoms with van der Waals surface area (Å²) >= 11 is 0. The molecule has 37 heavy (non-hydrogen) atoms. The zero-order chi connectivity index (χ0) is 27.5. The number of carbonyl (C=O) groups excluding carboxylic acids is 7. The van der Waals surface area contributed by atoms with Gasteiger partial charge in [-0.25, -0.2) is 19.8 Å². The lowest BCUT2D eigenvalue weighted by molar-refractivity contribution is -0.151. The average molecular weight is 518 g/mol. The van der Waals surface area contributed by atoms with Gasteiger partial charge in [-0.15, -0.1) is 0 Å². The number of hydrogen-bond donors (Lipinski definition) is 2. The molecule has 2 aliphatic rings. The highest BCUT2D eigenvalue weighted by Gasteiger charge is 2.41. The maximum atomic E-state index is 12.9. The quantitative estimate of drug-likeness (QED) is 0.259. The number of ketones is 2. The first-order valence-corrected chi connectivity index (χ1v) is 11.6. The summed E-state index contributed by atoms with van der Waals surface area (Å²) in [5.41, 5.74) is 2.31. The predicted octanol–water partition coefficient (Wildman–Crippen LogP) is -0.106. The van der Waals surface area contributed by atoms with Crippen molar-refractivity contribution in [3.63, 3.8) is 0 Å². The van der Waals surface area contributed by atoms with Crippen molar-refractivity contribution >= 4 is 42.0 Å². The van der Waals surface area contributed by atoms with Crippen molar-refractivity contribution in [2.75, 3.05) is 27.2 Å². The molecule has 1 aromatic carbocycles. The van der Waals surface area contributed by atoms with E-state index in [0.29, 0.717) is 32.1 Å². The molecule has 2 saturated heterocycles. The molecule has 13 nitrogen and oxygen atoms in total. The van der Waals surface area contributed by atoms with E-state index in [0.717, 1.165) is 16.3 Å². The number of fused-ring (bicyclic) bond motifs is 1. The molecule has 0 saturated carbocycles. The minimum atomic E-state index is -1.04. The zero-order valence-electron chi connectivity index (χ0n) is 21.0. The SMILES string of the molecule is CN[C@H](C=O)CC(C)=O.COc1ccccc1C(=O)C(=O)NN1CCC(=O)N2CCC[C@@H](C=O)N2C1=O. The maximum absolute atomic E-state index is 12.9. The van der Waals surface area contributed by atoms with Crippen LogP contribution in [0.5, 0.6) is 5.75 Å². The summed E-state index contributed by atoms with van der Waals surface area (Å²) in [4.78, 5) is 81.9. The Hall–Kier alpha value is -4.13. The Morgan fingerprint density at radius 1 is 1.16 bits per heavy atom. The molecule has 2 N–H and O–H groups in total. The number of urea groups is 1. The molecule has 13 heteroatoms. The first-order valence-electron chi connectivity index (χ1n) is 11.6. The first-order chi connectivity index (χ1) is 17.7. The maximum Gasteiger partial charge on any atom is 0.358 e. The number of hydrogen-bond acceptors (Lipinski definition) is 9. The molecular weight excluding hydrogens is 486 g/mol. The number of methoxy groups -OCH3 is 1. The number of hydrazine groups is 2. The van der Waals surface area contributed by atoms with E-state index in [2.05, 4.69) is 10.7 Å². The van der Waals surface area contributed by atoms with E-state index in [-0.39, 0.29) is 42.0 Å². The molecule has 0 bridgehead atoms. The summed E-state index contributed by atoms with van der Waals surface area (Å²) in [7, 11) is 3.03. The fraction of sp³-hybridized carbons (Fsp3) is 0.458. The van der Waals surface area contributed by atoms with Crippen LogP contribution in [0.1, 0.15) is 43.0 Å². The Kier molecular flexibility index (Phi) is 10.9. The van der Waals surface area contributed by atoms with Crippen LogP contribution in [0.4, 0.5) is 4.79 Å². The van der Waals surface area contributed by atoms with E-state index in [1.807, 2.05) is 0 Å². The molecule has 2 heterocycles.